The summed E-state index contributed by atoms with van der Waals surface area (Å²) in [5.74, 6) is -1.77. The summed E-state index contributed by atoms with van der Waals surface area (Å²) in [6.07, 6.45) is 1.11. The summed E-state index contributed by atoms with van der Waals surface area (Å²) in [5, 5.41) is 0. The van der Waals surface area contributed by atoms with Crippen LogP contribution >= 0.6 is 0 Å². The Hall–Kier alpha value is -1.45. The topological polar surface area (TPSA) is 26.3 Å². The van der Waals surface area contributed by atoms with Crippen LogP contribution in [-0.4, -0.2) is 12.9 Å². The van der Waals surface area contributed by atoms with E-state index >= 15 is 0 Å². The van der Waals surface area contributed by atoms with Gasteiger partial charge < -0.3 is 9.53 Å². The fraction of sp³-hybridized carbons (Fsp3) is 0.300. The van der Waals surface area contributed by atoms with Gasteiger partial charge in [0.15, 0.2) is 0 Å². The monoisotopic (exact) mass is 198 g/mol. The number of rotatable bonds is 1. The summed E-state index contributed by atoms with van der Waals surface area (Å²) in [4.78, 5) is 10.6. The van der Waals surface area contributed by atoms with Gasteiger partial charge in [0.05, 0.1) is 6.61 Å². The van der Waals surface area contributed by atoms with E-state index in [9.17, 15) is 13.6 Å². The maximum Gasteiger partial charge on any atom is 0.133 e. The summed E-state index contributed by atoms with van der Waals surface area (Å²) in [7, 11) is 0. The fourth-order valence-electron chi connectivity index (χ4n) is 1.62. The molecule has 1 heterocycles. The van der Waals surface area contributed by atoms with Crippen LogP contribution in [0.4, 0.5) is 8.78 Å². The Morgan fingerprint density at radius 2 is 2.21 bits per heavy atom. The number of hydrogen-bond acceptors (Lipinski definition) is 2. The van der Waals surface area contributed by atoms with E-state index in [-0.39, 0.29) is 11.3 Å². The van der Waals surface area contributed by atoms with Gasteiger partial charge in [0, 0.05) is 23.6 Å². The predicted octanol–water partition coefficient (Wildman–Crippen LogP) is 2.03. The predicted molar refractivity (Wildman–Crippen MR) is 45.3 cm³/mol. The van der Waals surface area contributed by atoms with E-state index in [4.69, 9.17) is 4.74 Å². The van der Waals surface area contributed by atoms with E-state index < -0.39 is 17.6 Å². The molecule has 1 aliphatic rings. The standard InChI is InChI=1S/C10H8F2O2/c11-7-3-8(12)10-6(5-13)1-2-14-9(10)4-7/h3-6H,1-2H2. The molecule has 1 unspecified atom stereocenters. The Kier molecular flexibility index (Phi) is 2.19. The first kappa shape index (κ1) is 9.12. The molecule has 0 saturated carbocycles. The van der Waals surface area contributed by atoms with Gasteiger partial charge in [0.2, 0.25) is 0 Å². The third kappa shape index (κ3) is 1.36. The minimum Gasteiger partial charge on any atom is -0.493 e. The van der Waals surface area contributed by atoms with E-state index in [1.165, 1.54) is 0 Å². The summed E-state index contributed by atoms with van der Waals surface area (Å²) < 4.78 is 31.1. The summed E-state index contributed by atoms with van der Waals surface area (Å²) in [6, 6.07) is 1.87. The number of ether oxygens (including phenoxy) is 1. The van der Waals surface area contributed by atoms with Crippen molar-refractivity contribution in [3.8, 4) is 5.75 Å². The van der Waals surface area contributed by atoms with Crippen LogP contribution in [0.25, 0.3) is 0 Å². The first-order chi connectivity index (χ1) is 6.72. The van der Waals surface area contributed by atoms with Crippen molar-refractivity contribution >= 4 is 6.29 Å². The first-order valence-corrected chi connectivity index (χ1v) is 4.29. The lowest BCUT2D eigenvalue weighted by Gasteiger charge is -2.22. The summed E-state index contributed by atoms with van der Waals surface area (Å²) in [6.45, 7) is 0.319. The zero-order valence-electron chi connectivity index (χ0n) is 7.30. The van der Waals surface area contributed by atoms with Crippen molar-refractivity contribution in [1.82, 2.24) is 0 Å². The maximum atomic E-state index is 13.3. The Morgan fingerprint density at radius 3 is 2.93 bits per heavy atom. The number of hydrogen-bond donors (Lipinski definition) is 0. The van der Waals surface area contributed by atoms with Gasteiger partial charge in [0.25, 0.3) is 0 Å². The minimum atomic E-state index is -0.711. The molecular weight excluding hydrogens is 190 g/mol. The smallest absolute Gasteiger partial charge is 0.133 e. The van der Waals surface area contributed by atoms with E-state index in [2.05, 4.69) is 0 Å². The van der Waals surface area contributed by atoms with Crippen LogP contribution in [0.15, 0.2) is 12.1 Å². The molecule has 1 aliphatic heterocycles. The molecule has 0 N–H and O–H groups in total. The third-order valence-corrected chi connectivity index (χ3v) is 2.28. The molecule has 4 heteroatoms. The van der Waals surface area contributed by atoms with Crippen LogP contribution in [-0.2, 0) is 4.79 Å². The van der Waals surface area contributed by atoms with Crippen molar-refractivity contribution in [3.63, 3.8) is 0 Å². The first-order valence-electron chi connectivity index (χ1n) is 4.29. The Morgan fingerprint density at radius 1 is 1.43 bits per heavy atom. The van der Waals surface area contributed by atoms with Crippen molar-refractivity contribution in [3.05, 3.63) is 29.3 Å². The quantitative estimate of drug-likeness (QED) is 0.645. The van der Waals surface area contributed by atoms with Crippen LogP contribution < -0.4 is 4.74 Å². The number of aldehydes is 1. The van der Waals surface area contributed by atoms with Crippen LogP contribution in [0.5, 0.6) is 5.75 Å². The summed E-state index contributed by atoms with van der Waals surface area (Å²) >= 11 is 0. The van der Waals surface area contributed by atoms with Gasteiger partial charge >= 0.3 is 0 Å². The molecule has 0 bridgehead atoms. The second-order valence-corrected chi connectivity index (χ2v) is 3.18. The van der Waals surface area contributed by atoms with E-state index in [1.54, 1.807) is 0 Å². The highest BCUT2D eigenvalue weighted by atomic mass is 19.1. The zero-order valence-corrected chi connectivity index (χ0v) is 7.30. The number of halogens is 2. The maximum absolute atomic E-state index is 13.3. The molecule has 0 amide bonds. The minimum absolute atomic E-state index is 0.144. The molecule has 1 aromatic rings. The van der Waals surface area contributed by atoms with Gasteiger partial charge in [-0.05, 0) is 6.42 Å². The Labute approximate surface area is 79.5 Å². The number of carbonyl (C=O) groups excluding carboxylic acids is 1. The molecule has 1 atom stereocenters. The molecule has 0 spiro atoms. The lowest BCUT2D eigenvalue weighted by molar-refractivity contribution is -0.109. The van der Waals surface area contributed by atoms with E-state index in [1.807, 2.05) is 0 Å². The molecule has 0 radical (unpaired) electrons. The van der Waals surface area contributed by atoms with Crippen molar-refractivity contribution in [2.24, 2.45) is 0 Å². The number of benzene rings is 1. The molecule has 0 fully saturated rings. The van der Waals surface area contributed by atoms with Gasteiger partial charge in [-0.15, -0.1) is 0 Å². The van der Waals surface area contributed by atoms with Crippen LogP contribution in [0.2, 0.25) is 0 Å². The van der Waals surface area contributed by atoms with Gasteiger partial charge in [-0.25, -0.2) is 8.78 Å². The normalized spacial score (nSPS) is 19.7. The summed E-state index contributed by atoms with van der Waals surface area (Å²) in [5.41, 5.74) is 0.174. The van der Waals surface area contributed by atoms with E-state index in [0.29, 0.717) is 19.3 Å². The van der Waals surface area contributed by atoms with Gasteiger partial charge in [-0.2, -0.15) is 0 Å². The van der Waals surface area contributed by atoms with Crippen molar-refractivity contribution in [1.29, 1.82) is 0 Å². The Balaban J connectivity index is 2.56. The molecule has 2 rings (SSSR count). The molecule has 2 nitrogen and oxygen atoms in total. The SMILES string of the molecule is O=CC1CCOc2cc(F)cc(F)c21. The highest BCUT2D eigenvalue weighted by molar-refractivity contribution is 5.65. The van der Waals surface area contributed by atoms with E-state index in [0.717, 1.165) is 12.1 Å². The van der Waals surface area contributed by atoms with Crippen molar-refractivity contribution < 1.29 is 18.3 Å². The Bertz CT molecular complexity index is 377. The molecule has 0 aromatic heterocycles. The number of fused-ring (bicyclic) bond motifs is 1. The second kappa shape index (κ2) is 3.36. The molecular formula is C10H8F2O2. The lowest BCUT2D eigenvalue weighted by atomic mass is 9.94. The molecule has 74 valence electrons. The zero-order chi connectivity index (χ0) is 10.1. The molecule has 14 heavy (non-hydrogen) atoms. The van der Waals surface area contributed by atoms with Crippen LogP contribution in [0.1, 0.15) is 17.9 Å². The highest BCUT2D eigenvalue weighted by Crippen LogP contribution is 2.34. The van der Waals surface area contributed by atoms with Crippen molar-refractivity contribution in [2.75, 3.05) is 6.61 Å². The van der Waals surface area contributed by atoms with Gasteiger partial charge in [-0.3, -0.25) is 0 Å². The lowest BCUT2D eigenvalue weighted by Crippen LogP contribution is -2.17. The average Bonchev–Trinajstić information content (AvgIpc) is 2.16. The van der Waals surface area contributed by atoms with Gasteiger partial charge in [-0.1, -0.05) is 0 Å². The van der Waals surface area contributed by atoms with Crippen molar-refractivity contribution in [2.45, 2.75) is 12.3 Å². The van der Waals surface area contributed by atoms with Gasteiger partial charge in [0.1, 0.15) is 23.7 Å². The van der Waals surface area contributed by atoms with Crippen LogP contribution in [0, 0.1) is 11.6 Å². The molecule has 1 aromatic carbocycles. The molecule has 0 saturated heterocycles. The number of carbonyl (C=O) groups is 1. The fourth-order valence-corrected chi connectivity index (χ4v) is 1.62. The highest BCUT2D eigenvalue weighted by Gasteiger charge is 2.25. The third-order valence-electron chi connectivity index (χ3n) is 2.28. The second-order valence-electron chi connectivity index (χ2n) is 3.18. The molecule has 0 aliphatic carbocycles. The largest absolute Gasteiger partial charge is 0.493 e. The average molecular weight is 198 g/mol. The van der Waals surface area contributed by atoms with Crippen LogP contribution in [0.3, 0.4) is 0 Å².